The van der Waals surface area contributed by atoms with Gasteiger partial charge in [-0.05, 0) is 86.1 Å². The number of carbonyl (C=O) groups is 1. The van der Waals surface area contributed by atoms with Crippen molar-refractivity contribution in [3.8, 4) is 5.69 Å². The Morgan fingerprint density at radius 3 is 2.47 bits per heavy atom. The van der Waals surface area contributed by atoms with Crippen LogP contribution in [0.5, 0.6) is 0 Å². The third-order valence-electron chi connectivity index (χ3n) is 7.03. The number of sulfonamides is 1. The highest BCUT2D eigenvalue weighted by Gasteiger charge is 2.26. The van der Waals surface area contributed by atoms with Crippen LogP contribution in [0.4, 0.5) is 0 Å². The molecule has 38 heavy (non-hydrogen) atoms. The van der Waals surface area contributed by atoms with Gasteiger partial charge in [-0.15, -0.1) is 11.3 Å². The first-order valence-corrected chi connectivity index (χ1v) is 14.7. The molecule has 4 aromatic rings. The van der Waals surface area contributed by atoms with Gasteiger partial charge in [0, 0.05) is 11.4 Å². The van der Waals surface area contributed by atoms with E-state index in [9.17, 15) is 22.8 Å². The van der Waals surface area contributed by atoms with Crippen molar-refractivity contribution in [1.29, 1.82) is 0 Å². The molecule has 3 N–H and O–H groups in total. The number of benzene rings is 2. The summed E-state index contributed by atoms with van der Waals surface area (Å²) in [5.41, 5.74) is 3.44. The predicted octanol–water partition coefficient (Wildman–Crippen LogP) is 2.33. The first-order valence-electron chi connectivity index (χ1n) is 12.3. The lowest BCUT2D eigenvalue weighted by Gasteiger charge is -2.14. The molecule has 11 heteroatoms. The van der Waals surface area contributed by atoms with Crippen molar-refractivity contribution in [2.75, 3.05) is 6.54 Å². The highest BCUT2D eigenvalue weighted by molar-refractivity contribution is 7.89. The van der Waals surface area contributed by atoms with E-state index in [2.05, 4.69) is 5.32 Å². The maximum atomic E-state index is 13.7. The molecule has 0 radical (unpaired) electrons. The number of hydrogen-bond donors (Lipinski definition) is 2. The maximum absolute atomic E-state index is 13.7. The number of rotatable bonds is 7. The second-order valence-electron chi connectivity index (χ2n) is 9.60. The van der Waals surface area contributed by atoms with Crippen LogP contribution in [-0.2, 0) is 40.6 Å². The van der Waals surface area contributed by atoms with Crippen molar-refractivity contribution in [3.63, 3.8) is 0 Å². The summed E-state index contributed by atoms with van der Waals surface area (Å²) in [4.78, 5) is 41.9. The summed E-state index contributed by atoms with van der Waals surface area (Å²) in [6.07, 6.45) is 3.09. The van der Waals surface area contributed by atoms with Crippen LogP contribution >= 0.6 is 11.3 Å². The number of nitrogens with two attached hydrogens (primary N) is 1. The Labute approximate surface area is 223 Å². The second-order valence-corrected chi connectivity index (χ2v) is 12.2. The number of fused-ring (bicyclic) bond motifs is 3. The average Bonchev–Trinajstić information content (AvgIpc) is 3.45. The van der Waals surface area contributed by atoms with Gasteiger partial charge in [0.2, 0.25) is 15.9 Å². The molecule has 2 aromatic heterocycles. The summed E-state index contributed by atoms with van der Waals surface area (Å²) in [6, 6.07) is 11.6. The van der Waals surface area contributed by atoms with Crippen LogP contribution in [0.3, 0.4) is 0 Å². The van der Waals surface area contributed by atoms with Crippen LogP contribution in [0, 0.1) is 13.8 Å². The van der Waals surface area contributed by atoms with E-state index < -0.39 is 15.7 Å². The smallest absolute Gasteiger partial charge is 0.337 e. The largest absolute Gasteiger partial charge is 0.354 e. The van der Waals surface area contributed by atoms with Gasteiger partial charge < -0.3 is 5.32 Å². The Kier molecular flexibility index (Phi) is 6.84. The van der Waals surface area contributed by atoms with E-state index in [4.69, 9.17) is 5.14 Å². The summed E-state index contributed by atoms with van der Waals surface area (Å²) in [5.74, 6) is -0.353. The van der Waals surface area contributed by atoms with Gasteiger partial charge in [-0.3, -0.25) is 14.2 Å². The minimum atomic E-state index is -3.77. The zero-order valence-electron chi connectivity index (χ0n) is 21.1. The third-order valence-corrected chi connectivity index (χ3v) is 9.27. The molecule has 0 unspecified atom stereocenters. The van der Waals surface area contributed by atoms with Gasteiger partial charge in [0.05, 0.1) is 16.0 Å². The van der Waals surface area contributed by atoms with Gasteiger partial charge in [0.1, 0.15) is 11.4 Å². The Morgan fingerprint density at radius 2 is 1.79 bits per heavy atom. The molecule has 1 aliphatic carbocycles. The summed E-state index contributed by atoms with van der Waals surface area (Å²) in [6.45, 7) is 3.97. The number of aryl methyl sites for hydroxylation is 4. The fourth-order valence-corrected chi connectivity index (χ4v) is 6.72. The molecule has 0 fully saturated rings. The molecular formula is C27H28N4O5S2. The summed E-state index contributed by atoms with van der Waals surface area (Å²) in [7, 11) is -3.77. The lowest BCUT2D eigenvalue weighted by atomic mass is 10.1. The van der Waals surface area contributed by atoms with Crippen LogP contribution in [0.1, 0.15) is 33.6 Å². The molecule has 0 spiro atoms. The number of amides is 1. The third kappa shape index (κ3) is 4.84. The van der Waals surface area contributed by atoms with Gasteiger partial charge in [-0.25, -0.2) is 22.9 Å². The van der Waals surface area contributed by atoms with Crippen LogP contribution in [0.25, 0.3) is 15.9 Å². The Hall–Kier alpha value is -3.54. The number of aromatic nitrogens is 2. The number of nitrogens with one attached hydrogen (secondary N) is 1. The van der Waals surface area contributed by atoms with Crippen LogP contribution in [0.2, 0.25) is 0 Å². The fraction of sp³-hybridized carbons (Fsp3) is 0.296. The van der Waals surface area contributed by atoms with Gasteiger partial charge in [-0.2, -0.15) is 0 Å². The molecule has 0 saturated heterocycles. The SMILES string of the molecule is Cc1ccc(-n2c(=O)c3c4c(sc3n(CC(=O)NCCc3ccc(S(N)(=O)=O)cc3)c2=O)CCC4)cc1C. The van der Waals surface area contributed by atoms with E-state index in [-0.39, 0.29) is 22.9 Å². The van der Waals surface area contributed by atoms with Gasteiger partial charge >= 0.3 is 5.69 Å². The minimum Gasteiger partial charge on any atom is -0.354 e. The van der Waals surface area contributed by atoms with E-state index in [0.29, 0.717) is 28.9 Å². The molecule has 1 aliphatic rings. The summed E-state index contributed by atoms with van der Waals surface area (Å²) >= 11 is 1.43. The zero-order valence-corrected chi connectivity index (χ0v) is 22.7. The molecular weight excluding hydrogens is 524 g/mol. The number of primary sulfonamides is 1. The molecule has 5 rings (SSSR count). The van der Waals surface area contributed by atoms with Crippen molar-refractivity contribution in [3.05, 3.63) is 90.4 Å². The predicted molar refractivity (Wildman–Crippen MR) is 148 cm³/mol. The molecule has 0 aliphatic heterocycles. The normalized spacial score (nSPS) is 13.1. The van der Waals surface area contributed by atoms with Crippen LogP contribution in [0.15, 0.2) is 56.9 Å². The fourth-order valence-electron chi connectivity index (χ4n) is 4.83. The quantitative estimate of drug-likeness (QED) is 0.363. The lowest BCUT2D eigenvalue weighted by molar-refractivity contribution is -0.121. The van der Waals surface area contributed by atoms with E-state index in [1.54, 1.807) is 18.2 Å². The molecule has 0 saturated carbocycles. The van der Waals surface area contributed by atoms with Crippen molar-refractivity contribution >= 4 is 37.5 Å². The second kappa shape index (κ2) is 9.97. The maximum Gasteiger partial charge on any atom is 0.337 e. The lowest BCUT2D eigenvalue weighted by Crippen LogP contribution is -2.41. The molecule has 0 bridgehead atoms. The number of thiophene rings is 1. The summed E-state index contributed by atoms with van der Waals surface area (Å²) < 4.78 is 25.4. The highest BCUT2D eigenvalue weighted by Crippen LogP contribution is 2.35. The monoisotopic (exact) mass is 552 g/mol. The van der Waals surface area contributed by atoms with Crippen molar-refractivity contribution in [2.24, 2.45) is 5.14 Å². The standard InChI is InChI=1S/C27H28N4O5S2/c1-16-6-9-19(14-17(16)2)31-25(33)24-21-4-3-5-22(21)37-26(24)30(27(31)34)15-23(32)29-13-12-18-7-10-20(11-8-18)38(28,35)36/h6-11,14H,3-5,12-13,15H2,1-2H3,(H,29,32)(H2,28,35,36). The number of carbonyl (C=O) groups excluding carboxylic acids is 1. The molecule has 2 aromatic carbocycles. The first-order chi connectivity index (χ1) is 18.0. The number of hydrogen-bond acceptors (Lipinski definition) is 6. The van der Waals surface area contributed by atoms with E-state index in [1.165, 1.54) is 32.6 Å². The summed E-state index contributed by atoms with van der Waals surface area (Å²) in [5, 5.41) is 8.50. The molecule has 0 atom stereocenters. The van der Waals surface area contributed by atoms with E-state index in [0.717, 1.165) is 46.4 Å². The first kappa shape index (κ1) is 26.1. The van der Waals surface area contributed by atoms with Gasteiger partial charge in [0.15, 0.2) is 0 Å². The van der Waals surface area contributed by atoms with Gasteiger partial charge in [0.25, 0.3) is 5.56 Å². The van der Waals surface area contributed by atoms with E-state index in [1.807, 2.05) is 26.0 Å². The average molecular weight is 553 g/mol. The Bertz CT molecular complexity index is 1800. The Morgan fingerprint density at radius 1 is 1.05 bits per heavy atom. The van der Waals surface area contributed by atoms with Crippen LogP contribution in [-0.4, -0.2) is 30.0 Å². The molecule has 1 amide bonds. The number of nitrogens with zero attached hydrogens (tertiary/aromatic N) is 2. The van der Waals surface area contributed by atoms with Gasteiger partial charge in [-0.1, -0.05) is 18.2 Å². The van der Waals surface area contributed by atoms with Crippen LogP contribution < -0.4 is 21.7 Å². The van der Waals surface area contributed by atoms with Crippen molar-refractivity contribution < 1.29 is 13.2 Å². The Balaban J connectivity index is 1.44. The van der Waals surface area contributed by atoms with E-state index >= 15 is 0 Å². The van der Waals surface area contributed by atoms with Crippen molar-refractivity contribution in [1.82, 2.24) is 14.5 Å². The highest BCUT2D eigenvalue weighted by atomic mass is 32.2. The molecule has 2 heterocycles. The topological polar surface area (TPSA) is 133 Å². The van der Waals surface area contributed by atoms with Crippen molar-refractivity contribution in [2.45, 2.75) is 51.0 Å². The molecule has 9 nitrogen and oxygen atoms in total. The zero-order chi connectivity index (χ0) is 27.2. The minimum absolute atomic E-state index is 0.0235. The molecule has 198 valence electrons.